The first-order chi connectivity index (χ1) is 9.98. The molecule has 2 rings (SSSR count). The lowest BCUT2D eigenvalue weighted by Crippen LogP contribution is -2.38. The Bertz CT molecular complexity index is 581. The average molecular weight is 315 g/mol. The lowest BCUT2D eigenvalue weighted by atomic mass is 9.94. The third kappa shape index (κ3) is 3.62. The lowest BCUT2D eigenvalue weighted by Gasteiger charge is -2.31. The molecule has 0 unspecified atom stereocenters. The van der Waals surface area contributed by atoms with Crippen molar-refractivity contribution in [1.29, 1.82) is 0 Å². The van der Waals surface area contributed by atoms with Crippen molar-refractivity contribution >= 4 is 10.0 Å². The van der Waals surface area contributed by atoms with E-state index < -0.39 is 22.4 Å². The molecule has 0 spiro atoms. The van der Waals surface area contributed by atoms with E-state index in [1.54, 1.807) is 0 Å². The van der Waals surface area contributed by atoms with Gasteiger partial charge in [-0.1, -0.05) is 19.8 Å². The largest absolute Gasteiger partial charge is 0.392 e. The molecular formula is C15H22FNO3S. The summed E-state index contributed by atoms with van der Waals surface area (Å²) in [7, 11) is -3.59. The van der Waals surface area contributed by atoms with E-state index in [1.165, 1.54) is 16.4 Å². The fraction of sp³-hybridized carbons (Fsp3) is 0.600. The summed E-state index contributed by atoms with van der Waals surface area (Å²) in [6.07, 6.45) is 4.01. The molecular weight excluding hydrogens is 293 g/mol. The monoisotopic (exact) mass is 315 g/mol. The van der Waals surface area contributed by atoms with E-state index in [0.717, 1.165) is 31.7 Å². The van der Waals surface area contributed by atoms with Crippen LogP contribution in [0.25, 0.3) is 0 Å². The van der Waals surface area contributed by atoms with Crippen LogP contribution in [0, 0.1) is 11.7 Å². The predicted molar refractivity (Wildman–Crippen MR) is 78.7 cm³/mol. The molecule has 6 heteroatoms. The van der Waals surface area contributed by atoms with Crippen LogP contribution >= 0.6 is 0 Å². The van der Waals surface area contributed by atoms with Crippen LogP contribution in [0.5, 0.6) is 0 Å². The van der Waals surface area contributed by atoms with Gasteiger partial charge in [0.05, 0.1) is 11.5 Å². The van der Waals surface area contributed by atoms with Gasteiger partial charge in [-0.25, -0.2) is 12.8 Å². The molecule has 1 saturated heterocycles. The van der Waals surface area contributed by atoms with Gasteiger partial charge < -0.3 is 5.11 Å². The molecule has 4 nitrogen and oxygen atoms in total. The van der Waals surface area contributed by atoms with Crippen LogP contribution in [0.1, 0.15) is 38.2 Å². The fourth-order valence-corrected chi connectivity index (χ4v) is 4.35. The van der Waals surface area contributed by atoms with Crippen LogP contribution in [0.2, 0.25) is 0 Å². The number of halogens is 1. The molecule has 0 saturated carbocycles. The number of nitrogens with zero attached hydrogens (tertiary/aromatic N) is 1. The number of hydrogen-bond donors (Lipinski definition) is 1. The van der Waals surface area contributed by atoms with Crippen molar-refractivity contribution < 1.29 is 17.9 Å². The van der Waals surface area contributed by atoms with Gasteiger partial charge in [-0.15, -0.1) is 0 Å². The molecule has 21 heavy (non-hydrogen) atoms. The Morgan fingerprint density at radius 3 is 2.57 bits per heavy atom. The molecule has 1 aliphatic heterocycles. The molecule has 0 atom stereocenters. The maximum Gasteiger partial charge on any atom is 0.243 e. The van der Waals surface area contributed by atoms with Gasteiger partial charge in [0.25, 0.3) is 0 Å². The minimum absolute atomic E-state index is 0.0111. The topological polar surface area (TPSA) is 57.6 Å². The standard InChI is InChI=1S/C15H22FNO3S/c1-2-3-12-6-8-17(9-7-12)21(19,20)14-4-5-15(16)13(10-14)11-18/h4-5,10,12,18H,2-3,6-9,11H2,1H3. The fourth-order valence-electron chi connectivity index (χ4n) is 2.83. The van der Waals surface area contributed by atoms with Crippen molar-refractivity contribution in [3.8, 4) is 0 Å². The average Bonchev–Trinajstić information content (AvgIpc) is 2.48. The second-order valence-electron chi connectivity index (χ2n) is 5.55. The van der Waals surface area contributed by atoms with Crippen LogP contribution in [-0.4, -0.2) is 30.9 Å². The van der Waals surface area contributed by atoms with Crippen LogP contribution < -0.4 is 0 Å². The third-order valence-electron chi connectivity index (χ3n) is 4.10. The van der Waals surface area contributed by atoms with Crippen LogP contribution in [0.3, 0.4) is 0 Å². The zero-order valence-corrected chi connectivity index (χ0v) is 13.1. The number of piperidine rings is 1. The van der Waals surface area contributed by atoms with E-state index in [0.29, 0.717) is 19.0 Å². The van der Waals surface area contributed by atoms with Crippen molar-refractivity contribution in [1.82, 2.24) is 4.31 Å². The number of sulfonamides is 1. The number of hydrogen-bond acceptors (Lipinski definition) is 3. The third-order valence-corrected chi connectivity index (χ3v) is 5.99. The number of aliphatic hydroxyl groups excluding tert-OH is 1. The SMILES string of the molecule is CCCC1CCN(S(=O)(=O)c2ccc(F)c(CO)c2)CC1. The summed E-state index contributed by atoms with van der Waals surface area (Å²) in [5.41, 5.74) is 0.0111. The Morgan fingerprint density at radius 1 is 1.33 bits per heavy atom. The molecule has 0 aromatic heterocycles. The van der Waals surface area contributed by atoms with Gasteiger partial charge in [0.2, 0.25) is 10.0 Å². The summed E-state index contributed by atoms with van der Waals surface area (Å²) in [6, 6.07) is 3.59. The Labute approximate surface area is 125 Å². The van der Waals surface area contributed by atoms with Gasteiger partial charge in [-0.05, 0) is 37.0 Å². The van der Waals surface area contributed by atoms with Crippen molar-refractivity contribution in [2.75, 3.05) is 13.1 Å². The minimum atomic E-state index is -3.59. The summed E-state index contributed by atoms with van der Waals surface area (Å²) < 4.78 is 39.9. The first-order valence-corrected chi connectivity index (χ1v) is 8.82. The number of benzene rings is 1. The molecule has 0 aliphatic carbocycles. The molecule has 1 N–H and O–H groups in total. The van der Waals surface area contributed by atoms with E-state index in [-0.39, 0.29) is 10.5 Å². The molecule has 1 heterocycles. The first kappa shape index (κ1) is 16.4. The van der Waals surface area contributed by atoms with Gasteiger partial charge in [0.15, 0.2) is 0 Å². The minimum Gasteiger partial charge on any atom is -0.392 e. The molecule has 118 valence electrons. The summed E-state index contributed by atoms with van der Waals surface area (Å²) in [5.74, 6) is 0.0146. The van der Waals surface area contributed by atoms with Crippen molar-refractivity contribution in [2.45, 2.75) is 44.1 Å². The second-order valence-corrected chi connectivity index (χ2v) is 7.49. The highest BCUT2D eigenvalue weighted by molar-refractivity contribution is 7.89. The second kappa shape index (κ2) is 6.85. The molecule has 0 amide bonds. The van der Waals surface area contributed by atoms with Crippen LogP contribution in [0.4, 0.5) is 4.39 Å². The smallest absolute Gasteiger partial charge is 0.243 e. The van der Waals surface area contributed by atoms with E-state index in [1.807, 2.05) is 0 Å². The van der Waals surface area contributed by atoms with Gasteiger partial charge in [-0.3, -0.25) is 0 Å². The van der Waals surface area contributed by atoms with E-state index >= 15 is 0 Å². The molecule has 1 aliphatic rings. The Balaban J connectivity index is 2.15. The van der Waals surface area contributed by atoms with Crippen LogP contribution in [0.15, 0.2) is 23.1 Å². The molecule has 0 radical (unpaired) electrons. The number of aliphatic hydroxyl groups is 1. The summed E-state index contributed by atoms with van der Waals surface area (Å²) in [4.78, 5) is 0.0573. The molecule has 1 aromatic rings. The quantitative estimate of drug-likeness (QED) is 0.908. The summed E-state index contributed by atoms with van der Waals surface area (Å²) >= 11 is 0. The Kier molecular flexibility index (Phi) is 5.35. The van der Waals surface area contributed by atoms with Crippen molar-refractivity contribution in [2.24, 2.45) is 5.92 Å². The van der Waals surface area contributed by atoms with Crippen molar-refractivity contribution in [3.63, 3.8) is 0 Å². The molecule has 1 fully saturated rings. The van der Waals surface area contributed by atoms with Crippen molar-refractivity contribution in [3.05, 3.63) is 29.6 Å². The maximum absolute atomic E-state index is 13.4. The summed E-state index contributed by atoms with van der Waals surface area (Å²) in [6.45, 7) is 2.66. The van der Waals surface area contributed by atoms with Gasteiger partial charge >= 0.3 is 0 Å². The molecule has 1 aromatic carbocycles. The van der Waals surface area contributed by atoms with E-state index in [9.17, 15) is 12.8 Å². The van der Waals surface area contributed by atoms with Gasteiger partial charge in [-0.2, -0.15) is 4.31 Å². The van der Waals surface area contributed by atoms with E-state index in [4.69, 9.17) is 5.11 Å². The highest BCUT2D eigenvalue weighted by Gasteiger charge is 2.29. The first-order valence-electron chi connectivity index (χ1n) is 7.38. The predicted octanol–water partition coefficient (Wildman–Crippen LogP) is 2.52. The summed E-state index contributed by atoms with van der Waals surface area (Å²) in [5, 5.41) is 9.06. The zero-order valence-electron chi connectivity index (χ0n) is 12.3. The van der Waals surface area contributed by atoms with Gasteiger partial charge in [0, 0.05) is 18.7 Å². The number of rotatable bonds is 5. The highest BCUT2D eigenvalue weighted by atomic mass is 32.2. The Morgan fingerprint density at radius 2 is 2.00 bits per heavy atom. The van der Waals surface area contributed by atoms with Crippen LogP contribution in [-0.2, 0) is 16.6 Å². The van der Waals surface area contributed by atoms with Gasteiger partial charge in [0.1, 0.15) is 5.82 Å². The molecule has 0 bridgehead atoms. The Hall–Kier alpha value is -0.980. The lowest BCUT2D eigenvalue weighted by molar-refractivity contribution is 0.262. The maximum atomic E-state index is 13.4. The zero-order chi connectivity index (χ0) is 15.5. The highest BCUT2D eigenvalue weighted by Crippen LogP contribution is 2.27. The normalized spacial score (nSPS) is 18.0. The van der Waals surface area contributed by atoms with E-state index in [2.05, 4.69) is 6.92 Å².